The average Bonchev–Trinajstić information content (AvgIpc) is 2.74. The van der Waals surface area contributed by atoms with Crippen molar-refractivity contribution in [2.75, 3.05) is 17.7 Å². The third-order valence-electron chi connectivity index (χ3n) is 5.93. The largest absolute Gasteiger partial charge is 0.399 e. The Kier molecular flexibility index (Phi) is 6.55. The van der Waals surface area contributed by atoms with E-state index in [4.69, 9.17) is 5.73 Å². The molecule has 0 saturated heterocycles. The summed E-state index contributed by atoms with van der Waals surface area (Å²) in [6.07, 6.45) is 4.98. The first-order valence-electron chi connectivity index (χ1n) is 10.6. The second-order valence-electron chi connectivity index (χ2n) is 8.33. The lowest BCUT2D eigenvalue weighted by Gasteiger charge is -2.25. The Hall–Kier alpha value is -3.46. The van der Waals surface area contributed by atoms with Crippen LogP contribution in [-0.4, -0.2) is 7.05 Å². The van der Waals surface area contributed by atoms with Gasteiger partial charge in [0.05, 0.1) is 0 Å². The lowest BCUT2D eigenvalue weighted by molar-refractivity contribution is 0.776. The molecule has 1 aliphatic rings. The zero-order chi connectivity index (χ0) is 22.7. The molecule has 0 radical (unpaired) electrons. The summed E-state index contributed by atoms with van der Waals surface area (Å²) in [6.45, 7) is 19.1. The van der Waals surface area contributed by atoms with Crippen molar-refractivity contribution in [3.8, 4) is 0 Å². The molecule has 0 saturated carbocycles. The molecule has 0 fully saturated rings. The molecular weight excluding hydrogens is 378 g/mol. The fourth-order valence-electron chi connectivity index (χ4n) is 4.09. The SMILES string of the molecule is C=C(Nc1ccc(C)c(C(=C)C)c1)c1ccc(NC)c(C(=C)C2CC=C(N)C=C2C)c1. The zero-order valence-electron chi connectivity index (χ0n) is 19.1. The fraction of sp³-hybridized carbons (Fsp3) is 0.214. The highest BCUT2D eigenvalue weighted by Gasteiger charge is 2.20. The number of hydrogen-bond acceptors (Lipinski definition) is 3. The molecule has 0 bridgehead atoms. The predicted octanol–water partition coefficient (Wildman–Crippen LogP) is 6.97. The molecular formula is C28H33N3. The van der Waals surface area contributed by atoms with Crippen LogP contribution in [0.2, 0.25) is 0 Å². The van der Waals surface area contributed by atoms with Crippen LogP contribution in [0.15, 0.2) is 79.6 Å². The van der Waals surface area contributed by atoms with E-state index in [0.29, 0.717) is 0 Å². The molecule has 3 nitrogen and oxygen atoms in total. The van der Waals surface area contributed by atoms with Crippen LogP contribution in [0.5, 0.6) is 0 Å². The van der Waals surface area contributed by atoms with E-state index in [1.807, 2.05) is 20.0 Å². The lowest BCUT2D eigenvalue weighted by Crippen LogP contribution is -2.12. The first-order valence-corrected chi connectivity index (χ1v) is 10.6. The summed E-state index contributed by atoms with van der Waals surface area (Å²) in [4.78, 5) is 0. The number of nitrogens with one attached hydrogen (secondary N) is 2. The molecule has 0 amide bonds. The van der Waals surface area contributed by atoms with E-state index in [9.17, 15) is 0 Å². The number of benzene rings is 2. The van der Waals surface area contributed by atoms with Crippen molar-refractivity contribution in [3.63, 3.8) is 0 Å². The van der Waals surface area contributed by atoms with E-state index in [1.54, 1.807) is 0 Å². The number of aryl methyl sites for hydroxylation is 1. The summed E-state index contributed by atoms with van der Waals surface area (Å²) in [5, 5.41) is 6.76. The lowest BCUT2D eigenvalue weighted by atomic mass is 9.82. The fourth-order valence-corrected chi connectivity index (χ4v) is 4.09. The van der Waals surface area contributed by atoms with Gasteiger partial charge in [0.15, 0.2) is 0 Å². The molecule has 0 aliphatic heterocycles. The monoisotopic (exact) mass is 411 g/mol. The number of rotatable bonds is 7. The predicted molar refractivity (Wildman–Crippen MR) is 138 cm³/mol. The highest BCUT2D eigenvalue weighted by atomic mass is 14.9. The quantitative estimate of drug-likeness (QED) is 0.461. The van der Waals surface area contributed by atoms with Crippen molar-refractivity contribution in [1.29, 1.82) is 0 Å². The molecule has 1 unspecified atom stereocenters. The van der Waals surface area contributed by atoms with Crippen molar-refractivity contribution < 1.29 is 0 Å². The Morgan fingerprint density at radius 1 is 1.03 bits per heavy atom. The van der Waals surface area contributed by atoms with Crippen LogP contribution in [0.25, 0.3) is 16.8 Å². The molecule has 0 aromatic heterocycles. The molecule has 2 aromatic rings. The van der Waals surface area contributed by atoms with Gasteiger partial charge in [0.2, 0.25) is 0 Å². The molecule has 3 rings (SSSR count). The van der Waals surface area contributed by atoms with Crippen LogP contribution in [0.4, 0.5) is 11.4 Å². The average molecular weight is 412 g/mol. The van der Waals surface area contributed by atoms with Crippen LogP contribution in [0, 0.1) is 12.8 Å². The number of anilines is 2. The van der Waals surface area contributed by atoms with Gasteiger partial charge in [-0.25, -0.2) is 0 Å². The molecule has 0 spiro atoms. The first-order chi connectivity index (χ1) is 14.7. The van der Waals surface area contributed by atoms with E-state index < -0.39 is 0 Å². The van der Waals surface area contributed by atoms with Crippen molar-refractivity contribution in [2.45, 2.75) is 27.2 Å². The molecule has 3 heteroatoms. The van der Waals surface area contributed by atoms with E-state index >= 15 is 0 Å². The van der Waals surface area contributed by atoms with Gasteiger partial charge >= 0.3 is 0 Å². The standard InChI is InChI=1S/C28H33N3/c1-17(2)26-16-24(11-8-18(26)3)31-21(6)22-9-13-28(30-7)27(15-22)20(5)25-12-10-23(29)14-19(25)4/h8-11,13-16,25,30-31H,1,5-6,12,29H2,2-4,7H3. The van der Waals surface area contributed by atoms with Crippen molar-refractivity contribution >= 4 is 28.2 Å². The van der Waals surface area contributed by atoms with E-state index in [0.717, 1.165) is 57.0 Å². The van der Waals surface area contributed by atoms with E-state index in [-0.39, 0.29) is 5.92 Å². The van der Waals surface area contributed by atoms with Crippen LogP contribution in [-0.2, 0) is 0 Å². The van der Waals surface area contributed by atoms with Gasteiger partial charge in [0.1, 0.15) is 0 Å². The highest BCUT2D eigenvalue weighted by Crippen LogP contribution is 2.38. The van der Waals surface area contributed by atoms with Crippen molar-refractivity contribution in [3.05, 3.63) is 102 Å². The van der Waals surface area contributed by atoms with Gasteiger partial charge in [-0.2, -0.15) is 0 Å². The molecule has 1 atom stereocenters. The molecule has 0 heterocycles. The first kappa shape index (κ1) is 22.2. The smallest absolute Gasteiger partial charge is 0.0414 e. The minimum absolute atomic E-state index is 0.242. The Morgan fingerprint density at radius 3 is 2.42 bits per heavy atom. The summed E-state index contributed by atoms with van der Waals surface area (Å²) in [5.74, 6) is 0.242. The van der Waals surface area contributed by atoms with Gasteiger partial charge in [-0.15, -0.1) is 0 Å². The summed E-state index contributed by atoms with van der Waals surface area (Å²) < 4.78 is 0. The van der Waals surface area contributed by atoms with Gasteiger partial charge < -0.3 is 16.4 Å². The maximum atomic E-state index is 5.98. The summed E-state index contributed by atoms with van der Waals surface area (Å²) in [7, 11) is 1.94. The summed E-state index contributed by atoms with van der Waals surface area (Å²) >= 11 is 0. The summed E-state index contributed by atoms with van der Waals surface area (Å²) in [5.41, 5.74) is 17.6. The topological polar surface area (TPSA) is 50.1 Å². The van der Waals surface area contributed by atoms with Gasteiger partial charge in [-0.1, -0.05) is 49.1 Å². The Balaban J connectivity index is 1.89. The Morgan fingerprint density at radius 2 is 1.77 bits per heavy atom. The Bertz CT molecular complexity index is 1120. The van der Waals surface area contributed by atoms with Crippen LogP contribution in [0.3, 0.4) is 0 Å². The molecule has 4 N–H and O–H groups in total. The van der Waals surface area contributed by atoms with Crippen molar-refractivity contribution in [2.24, 2.45) is 11.7 Å². The van der Waals surface area contributed by atoms with Crippen molar-refractivity contribution in [1.82, 2.24) is 0 Å². The molecule has 160 valence electrons. The number of allylic oxidation sites excluding steroid dienone is 5. The maximum absolute atomic E-state index is 5.98. The van der Waals surface area contributed by atoms with Gasteiger partial charge in [0.25, 0.3) is 0 Å². The number of hydrogen-bond donors (Lipinski definition) is 3. The minimum Gasteiger partial charge on any atom is -0.399 e. The molecule has 31 heavy (non-hydrogen) atoms. The second kappa shape index (κ2) is 9.13. The van der Waals surface area contributed by atoms with Gasteiger partial charge in [0, 0.05) is 41.3 Å². The zero-order valence-corrected chi connectivity index (χ0v) is 19.1. The normalized spacial score (nSPS) is 15.5. The molecule has 1 aliphatic carbocycles. The van der Waals surface area contributed by atoms with Crippen LogP contribution >= 0.6 is 0 Å². The minimum atomic E-state index is 0.242. The maximum Gasteiger partial charge on any atom is 0.0414 e. The van der Waals surface area contributed by atoms with Crippen LogP contribution in [0.1, 0.15) is 42.5 Å². The third kappa shape index (κ3) is 4.83. The highest BCUT2D eigenvalue weighted by molar-refractivity contribution is 5.84. The number of nitrogens with two attached hydrogens (primary N) is 1. The molecule has 2 aromatic carbocycles. The second-order valence-corrected chi connectivity index (χ2v) is 8.33. The third-order valence-corrected chi connectivity index (χ3v) is 5.93. The Labute approximate surface area is 186 Å². The van der Waals surface area contributed by atoms with E-state index in [2.05, 4.69) is 86.7 Å². The van der Waals surface area contributed by atoms with E-state index in [1.165, 1.54) is 11.1 Å². The summed E-state index contributed by atoms with van der Waals surface area (Å²) in [6, 6.07) is 12.6. The van der Waals surface area contributed by atoms with Gasteiger partial charge in [-0.3, -0.25) is 0 Å². The van der Waals surface area contributed by atoms with Crippen LogP contribution < -0.4 is 16.4 Å². The van der Waals surface area contributed by atoms with Gasteiger partial charge in [-0.05, 0) is 79.8 Å².